The van der Waals surface area contributed by atoms with Crippen LogP contribution >= 0.6 is 47.3 Å². The van der Waals surface area contributed by atoms with Crippen molar-refractivity contribution in [2.45, 2.75) is 24.3 Å². The number of aliphatic imine (C=N–C) groups is 1. The van der Waals surface area contributed by atoms with Crippen molar-refractivity contribution in [2.24, 2.45) is 4.99 Å². The maximum atomic E-state index is 11.3. The van der Waals surface area contributed by atoms with Crippen LogP contribution in [-0.2, 0) is 10.0 Å². The number of halogens is 2. The van der Waals surface area contributed by atoms with Crippen molar-refractivity contribution in [1.82, 2.24) is 15.4 Å². The zero-order chi connectivity index (χ0) is 18.2. The molecule has 1 aromatic carbocycles. The van der Waals surface area contributed by atoms with E-state index in [1.807, 2.05) is 38.1 Å². The van der Waals surface area contributed by atoms with Crippen LogP contribution in [-0.4, -0.2) is 52.1 Å². The summed E-state index contributed by atoms with van der Waals surface area (Å²) in [5, 5.41) is 7.05. The van der Waals surface area contributed by atoms with Gasteiger partial charge in [-0.1, -0.05) is 11.6 Å². The zero-order valence-electron chi connectivity index (χ0n) is 14.8. The number of hydrogen-bond donors (Lipinski definition) is 3. The van der Waals surface area contributed by atoms with Crippen LogP contribution in [0.1, 0.15) is 13.8 Å². The molecule has 1 aromatic rings. The summed E-state index contributed by atoms with van der Waals surface area (Å²) in [6, 6.07) is 7.71. The summed E-state index contributed by atoms with van der Waals surface area (Å²) in [4.78, 5) is 5.29. The summed E-state index contributed by atoms with van der Waals surface area (Å²) in [7, 11) is -1.57. The average molecular weight is 521 g/mol. The lowest BCUT2D eigenvalue weighted by molar-refractivity contribution is 0.447. The minimum atomic E-state index is -3.25. The van der Waals surface area contributed by atoms with Crippen LogP contribution in [0.5, 0.6) is 0 Å². The summed E-state index contributed by atoms with van der Waals surface area (Å²) in [5.74, 6) is 1.50. The first-order chi connectivity index (χ1) is 11.1. The quantitative estimate of drug-likeness (QED) is 0.161. The molecule has 144 valence electrons. The van der Waals surface area contributed by atoms with Crippen LogP contribution in [0.15, 0.2) is 34.2 Å². The maximum Gasteiger partial charge on any atom is 0.209 e. The normalized spacial score (nSPS) is 12.4. The fraction of sp³-hybridized carbons (Fsp3) is 0.533. The average Bonchev–Trinajstić information content (AvgIpc) is 2.46. The van der Waals surface area contributed by atoms with E-state index in [9.17, 15) is 8.42 Å². The van der Waals surface area contributed by atoms with Gasteiger partial charge in [-0.05, 0) is 38.1 Å². The van der Waals surface area contributed by atoms with Crippen LogP contribution in [0.2, 0.25) is 5.02 Å². The van der Waals surface area contributed by atoms with Gasteiger partial charge in [0.05, 0.1) is 6.26 Å². The number of guanidine groups is 1. The summed E-state index contributed by atoms with van der Waals surface area (Å²) < 4.78 is 25.2. The first-order valence-corrected chi connectivity index (χ1v) is 10.7. The highest BCUT2D eigenvalue weighted by Crippen LogP contribution is 2.19. The molecule has 0 spiro atoms. The van der Waals surface area contributed by atoms with Crippen LogP contribution in [0.3, 0.4) is 0 Å². The van der Waals surface area contributed by atoms with Gasteiger partial charge in [0.1, 0.15) is 0 Å². The number of benzene rings is 1. The fourth-order valence-corrected chi connectivity index (χ4v) is 3.90. The van der Waals surface area contributed by atoms with Crippen molar-refractivity contribution in [3.63, 3.8) is 0 Å². The molecule has 25 heavy (non-hydrogen) atoms. The third-order valence-corrected chi connectivity index (χ3v) is 5.05. The number of hydrogen-bond acceptors (Lipinski definition) is 4. The molecule has 0 unspecified atom stereocenters. The Kier molecular flexibility index (Phi) is 11.4. The van der Waals surface area contributed by atoms with Gasteiger partial charge in [0.25, 0.3) is 0 Å². The van der Waals surface area contributed by atoms with Crippen molar-refractivity contribution in [3.8, 4) is 0 Å². The largest absolute Gasteiger partial charge is 0.356 e. The summed E-state index contributed by atoms with van der Waals surface area (Å²) in [6.45, 7) is 4.77. The molecular weight excluding hydrogens is 495 g/mol. The Morgan fingerprint density at radius 1 is 1.24 bits per heavy atom. The van der Waals surface area contributed by atoms with Gasteiger partial charge in [-0.2, -0.15) is 0 Å². The van der Waals surface area contributed by atoms with E-state index in [1.165, 1.54) is 0 Å². The lowest BCUT2D eigenvalue weighted by Gasteiger charge is -2.26. The summed E-state index contributed by atoms with van der Waals surface area (Å²) >= 11 is 7.57. The van der Waals surface area contributed by atoms with Crippen molar-refractivity contribution in [1.29, 1.82) is 0 Å². The third-order valence-electron chi connectivity index (χ3n) is 2.86. The summed E-state index contributed by atoms with van der Waals surface area (Å²) in [5.41, 5.74) is -0.608. The molecule has 6 nitrogen and oxygen atoms in total. The molecule has 0 bridgehead atoms. The predicted octanol–water partition coefficient (Wildman–Crippen LogP) is 2.54. The lowest BCUT2D eigenvalue weighted by Crippen LogP contribution is -2.53. The molecule has 0 radical (unpaired) electrons. The monoisotopic (exact) mass is 520 g/mol. The number of thioether (sulfide) groups is 1. The van der Waals surface area contributed by atoms with Crippen molar-refractivity contribution < 1.29 is 8.42 Å². The standard InChI is InChI=1S/C15H25ClN4O2S2.HI/c1-15(2,20-24(4,21)22)11-19-14(17-3)18-9-10-23-13-7-5-12(16)6-8-13;/h5-8,20H,9-11H2,1-4H3,(H2,17,18,19);1H. The Morgan fingerprint density at radius 2 is 1.84 bits per heavy atom. The third kappa shape index (κ3) is 11.9. The molecule has 10 heteroatoms. The van der Waals surface area contributed by atoms with Gasteiger partial charge in [0, 0.05) is 41.3 Å². The molecule has 0 heterocycles. The van der Waals surface area contributed by atoms with E-state index in [4.69, 9.17) is 11.6 Å². The SMILES string of the molecule is CN=C(NCCSc1ccc(Cl)cc1)NCC(C)(C)NS(C)(=O)=O.I. The highest BCUT2D eigenvalue weighted by molar-refractivity contribution is 14.0. The van der Waals surface area contributed by atoms with Gasteiger partial charge in [-0.25, -0.2) is 13.1 Å². The molecular formula is C15H26ClIN4O2S2. The van der Waals surface area contributed by atoms with Crippen LogP contribution in [0, 0.1) is 0 Å². The van der Waals surface area contributed by atoms with Crippen molar-refractivity contribution in [3.05, 3.63) is 29.3 Å². The van der Waals surface area contributed by atoms with E-state index in [0.29, 0.717) is 12.5 Å². The molecule has 0 aliphatic heterocycles. The second-order valence-corrected chi connectivity index (χ2v) is 9.27. The van der Waals surface area contributed by atoms with Crippen LogP contribution < -0.4 is 15.4 Å². The maximum absolute atomic E-state index is 11.3. The molecule has 0 atom stereocenters. The molecule has 3 N–H and O–H groups in total. The Hall–Kier alpha value is -0.230. The first kappa shape index (κ1) is 24.8. The first-order valence-electron chi connectivity index (χ1n) is 7.43. The Balaban J connectivity index is 0.00000576. The van der Waals surface area contributed by atoms with Gasteiger partial charge in [-0.3, -0.25) is 4.99 Å². The Bertz CT molecular complexity index is 652. The Morgan fingerprint density at radius 3 is 2.36 bits per heavy atom. The second kappa shape index (κ2) is 11.5. The van der Waals surface area contributed by atoms with Gasteiger partial charge in [0.2, 0.25) is 10.0 Å². The van der Waals surface area contributed by atoms with Gasteiger partial charge in [0.15, 0.2) is 5.96 Å². The number of nitrogens with zero attached hydrogens (tertiary/aromatic N) is 1. The van der Waals surface area contributed by atoms with E-state index in [2.05, 4.69) is 20.3 Å². The molecule has 1 rings (SSSR count). The highest BCUT2D eigenvalue weighted by atomic mass is 127. The molecule has 0 saturated carbocycles. The summed E-state index contributed by atoms with van der Waals surface area (Å²) in [6.07, 6.45) is 1.15. The van der Waals surface area contributed by atoms with Gasteiger partial charge in [-0.15, -0.1) is 35.7 Å². The van der Waals surface area contributed by atoms with Crippen LogP contribution in [0.25, 0.3) is 0 Å². The van der Waals surface area contributed by atoms with Gasteiger partial charge < -0.3 is 10.6 Å². The smallest absolute Gasteiger partial charge is 0.209 e. The van der Waals surface area contributed by atoms with Crippen molar-refractivity contribution >= 4 is 63.3 Å². The molecule has 0 amide bonds. The minimum absolute atomic E-state index is 0. The predicted molar refractivity (Wildman–Crippen MR) is 119 cm³/mol. The Labute approximate surface area is 177 Å². The zero-order valence-corrected chi connectivity index (χ0v) is 19.5. The van der Waals surface area contributed by atoms with Crippen molar-refractivity contribution in [2.75, 3.05) is 32.1 Å². The highest BCUT2D eigenvalue weighted by Gasteiger charge is 2.22. The number of nitrogens with one attached hydrogen (secondary N) is 3. The molecule has 0 aliphatic rings. The number of sulfonamides is 1. The fourth-order valence-electron chi connectivity index (χ4n) is 1.93. The molecule has 0 fully saturated rings. The topological polar surface area (TPSA) is 82.6 Å². The molecule has 0 aromatic heterocycles. The molecule has 0 aliphatic carbocycles. The van der Waals surface area contributed by atoms with E-state index in [0.717, 1.165) is 28.5 Å². The molecule has 0 saturated heterocycles. The van der Waals surface area contributed by atoms with E-state index >= 15 is 0 Å². The second-order valence-electron chi connectivity index (χ2n) is 5.91. The van der Waals surface area contributed by atoms with Gasteiger partial charge >= 0.3 is 0 Å². The minimum Gasteiger partial charge on any atom is -0.356 e. The van der Waals surface area contributed by atoms with E-state index in [1.54, 1.807) is 18.8 Å². The van der Waals surface area contributed by atoms with E-state index < -0.39 is 15.6 Å². The van der Waals surface area contributed by atoms with Crippen LogP contribution in [0.4, 0.5) is 0 Å². The lowest BCUT2D eigenvalue weighted by atomic mass is 10.1. The number of rotatable bonds is 8. The van der Waals surface area contributed by atoms with E-state index in [-0.39, 0.29) is 24.0 Å².